The largest absolute Gasteiger partial charge is 0.462 e. The summed E-state index contributed by atoms with van der Waals surface area (Å²) in [6.07, 6.45) is 1.38. The van der Waals surface area contributed by atoms with Crippen LogP contribution in [0.15, 0.2) is 23.0 Å². The molecular formula is C25H31F3O5. The van der Waals surface area contributed by atoms with Gasteiger partial charge in [-0.25, -0.2) is 0 Å². The lowest BCUT2D eigenvalue weighted by molar-refractivity contribution is -0.159. The van der Waals surface area contributed by atoms with Crippen molar-refractivity contribution in [3.63, 3.8) is 0 Å². The number of carbonyl (C=O) groups excluding carboxylic acids is 3. The Morgan fingerprint density at radius 1 is 1.00 bits per heavy atom. The van der Waals surface area contributed by atoms with Crippen LogP contribution in [-0.4, -0.2) is 30.0 Å². The van der Waals surface area contributed by atoms with Crippen molar-refractivity contribution < 1.29 is 37.0 Å². The van der Waals surface area contributed by atoms with Gasteiger partial charge in [-0.15, -0.1) is 0 Å². The van der Waals surface area contributed by atoms with E-state index in [1.54, 1.807) is 6.92 Å². The van der Waals surface area contributed by atoms with Crippen LogP contribution in [0, 0.1) is 28.6 Å². The molecule has 4 rings (SSSR count). The highest BCUT2D eigenvalue weighted by molar-refractivity contribution is 6.03. The van der Waals surface area contributed by atoms with Gasteiger partial charge in [0.25, 0.3) is 0 Å². The maximum absolute atomic E-state index is 13.7. The lowest BCUT2D eigenvalue weighted by Gasteiger charge is -2.56. The molecule has 0 amide bonds. The molecule has 0 unspecified atom stereocenters. The van der Waals surface area contributed by atoms with Crippen LogP contribution < -0.4 is 0 Å². The molecule has 4 aliphatic rings. The van der Waals surface area contributed by atoms with Gasteiger partial charge in [0.15, 0.2) is 5.78 Å². The lowest BCUT2D eigenvalue weighted by atomic mass is 9.48. The predicted molar refractivity (Wildman–Crippen MR) is 112 cm³/mol. The Morgan fingerprint density at radius 2 is 1.67 bits per heavy atom. The number of rotatable bonds is 2. The number of hydrogen-bond donors (Lipinski definition) is 0. The predicted octanol–water partition coefficient (Wildman–Crippen LogP) is 5.44. The number of Topliss-reactive ketones (excluding diaryl/α,β-unsaturated/α-hetero) is 1. The molecule has 5 nitrogen and oxygen atoms in total. The van der Waals surface area contributed by atoms with E-state index in [4.69, 9.17) is 4.74 Å². The quantitative estimate of drug-likeness (QED) is 0.234. The van der Waals surface area contributed by atoms with Crippen molar-refractivity contribution in [2.45, 2.75) is 84.9 Å². The third-order valence-corrected chi connectivity index (χ3v) is 8.78. The highest BCUT2D eigenvalue weighted by Crippen LogP contribution is 2.65. The van der Waals surface area contributed by atoms with Crippen LogP contribution in [0.5, 0.6) is 0 Å². The van der Waals surface area contributed by atoms with E-state index in [-0.39, 0.29) is 47.2 Å². The number of ketones is 1. The Labute approximate surface area is 191 Å². The maximum Gasteiger partial charge on any atom is 0.450 e. The van der Waals surface area contributed by atoms with Crippen molar-refractivity contribution in [3.8, 4) is 0 Å². The van der Waals surface area contributed by atoms with Crippen molar-refractivity contribution in [1.29, 1.82) is 0 Å². The summed E-state index contributed by atoms with van der Waals surface area (Å²) in [5, 5.41) is 0. The monoisotopic (exact) mass is 468 g/mol. The Bertz CT molecular complexity index is 948. The molecule has 8 heteroatoms. The molecule has 0 aliphatic heterocycles. The Balaban J connectivity index is 1.67. The molecule has 33 heavy (non-hydrogen) atoms. The van der Waals surface area contributed by atoms with Crippen molar-refractivity contribution in [2.24, 2.45) is 28.6 Å². The van der Waals surface area contributed by atoms with Crippen molar-refractivity contribution in [3.05, 3.63) is 23.0 Å². The molecule has 0 aromatic heterocycles. The van der Waals surface area contributed by atoms with E-state index in [9.17, 15) is 27.6 Å². The Kier molecular flexibility index (Phi) is 5.81. The van der Waals surface area contributed by atoms with Gasteiger partial charge in [0.05, 0.1) is 0 Å². The normalized spacial score (nSPS) is 39.6. The van der Waals surface area contributed by atoms with Crippen LogP contribution >= 0.6 is 0 Å². The van der Waals surface area contributed by atoms with Crippen LogP contribution in [0.2, 0.25) is 0 Å². The van der Waals surface area contributed by atoms with Crippen LogP contribution in [0.4, 0.5) is 13.2 Å². The zero-order valence-corrected chi connectivity index (χ0v) is 19.5. The van der Waals surface area contributed by atoms with E-state index in [0.29, 0.717) is 19.3 Å². The first-order chi connectivity index (χ1) is 15.3. The second-order valence-corrected chi connectivity index (χ2v) is 10.6. The molecule has 3 saturated carbocycles. The van der Waals surface area contributed by atoms with Gasteiger partial charge in [0.2, 0.25) is 5.76 Å². The minimum atomic E-state index is -4.90. The molecule has 182 valence electrons. The number of alkyl halides is 3. The Hall–Kier alpha value is -2.12. The van der Waals surface area contributed by atoms with E-state index in [1.165, 1.54) is 12.5 Å². The highest BCUT2D eigenvalue weighted by Gasteiger charge is 2.61. The van der Waals surface area contributed by atoms with Crippen LogP contribution in [-0.2, 0) is 23.9 Å². The molecule has 0 radical (unpaired) electrons. The molecular weight excluding hydrogens is 437 g/mol. The molecule has 0 aromatic rings. The average molecular weight is 469 g/mol. The molecule has 0 aromatic carbocycles. The van der Waals surface area contributed by atoms with Gasteiger partial charge in [-0.1, -0.05) is 25.5 Å². The number of fused-ring (bicyclic) bond motifs is 5. The SMILES string of the molecule is CC(=O)O/C(=C1/C[C@H]2[C@@H]3CC=C4C[C@@H](OC(C)=O)CC[C@]4(C)[C@H]3CC[C@]2(C)C1=O)C(F)(F)F. The Morgan fingerprint density at radius 3 is 2.27 bits per heavy atom. The first-order valence-corrected chi connectivity index (χ1v) is 11.7. The van der Waals surface area contributed by atoms with E-state index in [0.717, 1.165) is 26.2 Å². The molecule has 0 N–H and O–H groups in total. The zero-order chi connectivity index (χ0) is 24.3. The standard InChI is InChI=1S/C25H31F3O5/c1-13(29)32-16-7-9-23(3)15(11-16)5-6-17-19(23)8-10-24(4)20(17)12-18(21(24)31)22(25(26,27)28)33-14(2)30/h5,16-17,19-20H,6-12H2,1-4H3/b22-18-/t16-,17+,19-,20-,23-,24-/m0/s1. The number of carbonyl (C=O) groups is 3. The van der Waals surface area contributed by atoms with E-state index >= 15 is 0 Å². The van der Waals surface area contributed by atoms with Gasteiger partial charge in [-0.2, -0.15) is 13.2 Å². The summed E-state index contributed by atoms with van der Waals surface area (Å²) in [6, 6.07) is 0. The van der Waals surface area contributed by atoms with Gasteiger partial charge < -0.3 is 9.47 Å². The third kappa shape index (κ3) is 3.93. The van der Waals surface area contributed by atoms with Crippen LogP contribution in [0.3, 0.4) is 0 Å². The average Bonchev–Trinajstić information content (AvgIpc) is 2.96. The number of allylic oxidation sites excluding steroid dienone is 3. The fourth-order valence-corrected chi connectivity index (χ4v) is 7.23. The summed E-state index contributed by atoms with van der Waals surface area (Å²) < 4.78 is 51.1. The molecule has 0 spiro atoms. The molecule has 0 bridgehead atoms. The summed E-state index contributed by atoms with van der Waals surface area (Å²) in [5.41, 5.74) is -0.117. The second-order valence-electron chi connectivity index (χ2n) is 10.6. The van der Waals surface area contributed by atoms with Crippen molar-refractivity contribution in [2.75, 3.05) is 0 Å². The lowest BCUT2D eigenvalue weighted by Crippen LogP contribution is -2.50. The van der Waals surface area contributed by atoms with Gasteiger partial charge in [0.1, 0.15) is 6.10 Å². The molecule has 4 aliphatic carbocycles. The van der Waals surface area contributed by atoms with Gasteiger partial charge in [0, 0.05) is 31.3 Å². The van der Waals surface area contributed by atoms with Crippen molar-refractivity contribution >= 4 is 17.7 Å². The first-order valence-electron chi connectivity index (χ1n) is 11.7. The fourth-order valence-electron chi connectivity index (χ4n) is 7.23. The molecule has 0 saturated heterocycles. The number of halogens is 3. The molecule has 6 atom stereocenters. The van der Waals surface area contributed by atoms with Gasteiger partial charge in [-0.05, 0) is 61.7 Å². The minimum absolute atomic E-state index is 0.0199. The number of esters is 2. The third-order valence-electron chi connectivity index (χ3n) is 8.78. The molecule has 0 heterocycles. The summed E-state index contributed by atoms with van der Waals surface area (Å²) >= 11 is 0. The van der Waals surface area contributed by atoms with Gasteiger partial charge >= 0.3 is 18.1 Å². The summed E-state index contributed by atoms with van der Waals surface area (Å²) in [7, 11) is 0. The van der Waals surface area contributed by atoms with E-state index in [2.05, 4.69) is 17.7 Å². The first kappa shape index (κ1) is 24.0. The smallest absolute Gasteiger partial charge is 0.450 e. The van der Waals surface area contributed by atoms with E-state index < -0.39 is 29.1 Å². The number of hydrogen-bond acceptors (Lipinski definition) is 5. The van der Waals surface area contributed by atoms with Crippen LogP contribution in [0.25, 0.3) is 0 Å². The fraction of sp³-hybridized carbons (Fsp3) is 0.720. The zero-order valence-electron chi connectivity index (χ0n) is 19.5. The number of ether oxygens (including phenoxy) is 2. The highest BCUT2D eigenvalue weighted by atomic mass is 19.4. The van der Waals surface area contributed by atoms with E-state index in [1.807, 2.05) is 0 Å². The van der Waals surface area contributed by atoms with Crippen LogP contribution in [0.1, 0.15) is 72.6 Å². The minimum Gasteiger partial charge on any atom is -0.462 e. The van der Waals surface area contributed by atoms with Crippen molar-refractivity contribution in [1.82, 2.24) is 0 Å². The molecule has 3 fully saturated rings. The summed E-state index contributed by atoms with van der Waals surface area (Å²) in [5.74, 6) is -3.23. The second kappa shape index (κ2) is 7.98. The van der Waals surface area contributed by atoms with Gasteiger partial charge in [-0.3, -0.25) is 14.4 Å². The summed E-state index contributed by atoms with van der Waals surface area (Å²) in [6.45, 7) is 6.32. The topological polar surface area (TPSA) is 69.7 Å². The maximum atomic E-state index is 13.7. The summed E-state index contributed by atoms with van der Waals surface area (Å²) in [4.78, 5) is 36.1.